The minimum atomic E-state index is -4.34. The largest absolute Gasteiger partial charge is 0.416 e. The number of rotatable bonds is 6. The molecule has 1 aliphatic rings. The highest BCUT2D eigenvalue weighted by molar-refractivity contribution is 5.92. The molecule has 1 saturated heterocycles. The van der Waals surface area contributed by atoms with E-state index in [1.54, 1.807) is 6.07 Å². The van der Waals surface area contributed by atoms with E-state index in [1.165, 1.54) is 12.1 Å². The van der Waals surface area contributed by atoms with Crippen LogP contribution >= 0.6 is 0 Å². The average molecular weight is 420 g/mol. The lowest BCUT2D eigenvalue weighted by atomic mass is 9.97. The van der Waals surface area contributed by atoms with Crippen LogP contribution in [0, 0.1) is 0 Å². The number of quaternary nitrogens is 1. The van der Waals surface area contributed by atoms with Gasteiger partial charge >= 0.3 is 6.18 Å². The summed E-state index contributed by atoms with van der Waals surface area (Å²) in [6.07, 6.45) is -3.34. The maximum Gasteiger partial charge on any atom is 0.416 e. The number of hydrogen-bond acceptors (Lipinski definition) is 2. The third-order valence-corrected chi connectivity index (χ3v) is 5.80. The van der Waals surface area contributed by atoms with Gasteiger partial charge in [-0.25, -0.2) is 0 Å². The number of benzene rings is 2. The van der Waals surface area contributed by atoms with E-state index in [0.717, 1.165) is 28.6 Å². The van der Waals surface area contributed by atoms with E-state index in [4.69, 9.17) is 0 Å². The van der Waals surface area contributed by atoms with E-state index in [0.29, 0.717) is 44.3 Å². The smallest absolute Gasteiger partial charge is 0.360 e. The number of halogens is 3. The SMILES string of the molecule is CC[C@H](C)c1ccccc1NC(=O)C[NH+]1CCN(c2cccc(C(F)(F)F)c2)CC1. The van der Waals surface area contributed by atoms with Crippen molar-refractivity contribution in [1.82, 2.24) is 0 Å². The number of hydrogen-bond donors (Lipinski definition) is 2. The van der Waals surface area contributed by atoms with Crippen LogP contribution in [0.3, 0.4) is 0 Å². The van der Waals surface area contributed by atoms with Crippen LogP contribution < -0.4 is 15.1 Å². The highest BCUT2D eigenvalue weighted by Crippen LogP contribution is 2.31. The molecule has 1 fully saturated rings. The van der Waals surface area contributed by atoms with Gasteiger partial charge < -0.3 is 15.1 Å². The first-order valence-electron chi connectivity index (χ1n) is 10.4. The van der Waals surface area contributed by atoms with Gasteiger partial charge in [0.1, 0.15) is 0 Å². The second kappa shape index (κ2) is 9.51. The molecule has 0 unspecified atom stereocenters. The summed E-state index contributed by atoms with van der Waals surface area (Å²) in [5.74, 6) is 0.332. The van der Waals surface area contributed by atoms with Crippen LogP contribution in [-0.2, 0) is 11.0 Å². The van der Waals surface area contributed by atoms with Crippen molar-refractivity contribution in [3.63, 3.8) is 0 Å². The van der Waals surface area contributed by atoms with Gasteiger partial charge in [0, 0.05) is 11.4 Å². The molecule has 1 aliphatic heterocycles. The van der Waals surface area contributed by atoms with Crippen LogP contribution in [0.4, 0.5) is 24.5 Å². The Kier molecular flexibility index (Phi) is 7.02. The second-order valence-corrected chi connectivity index (χ2v) is 7.91. The first kappa shape index (κ1) is 22.2. The predicted molar refractivity (Wildman–Crippen MR) is 113 cm³/mol. The Labute approximate surface area is 175 Å². The molecule has 0 aliphatic carbocycles. The number of carbonyl (C=O) groups excluding carboxylic acids is 1. The first-order chi connectivity index (χ1) is 14.3. The molecule has 0 spiro atoms. The summed E-state index contributed by atoms with van der Waals surface area (Å²) in [4.78, 5) is 15.7. The van der Waals surface area contributed by atoms with E-state index in [-0.39, 0.29) is 5.91 Å². The van der Waals surface area contributed by atoms with Crippen LogP contribution in [0.2, 0.25) is 0 Å². The Hall–Kier alpha value is -2.54. The van der Waals surface area contributed by atoms with E-state index < -0.39 is 11.7 Å². The first-order valence-corrected chi connectivity index (χ1v) is 10.4. The number of nitrogens with one attached hydrogen (secondary N) is 2. The molecular weight excluding hydrogens is 391 g/mol. The molecule has 4 nitrogen and oxygen atoms in total. The van der Waals surface area contributed by atoms with E-state index in [2.05, 4.69) is 19.2 Å². The van der Waals surface area contributed by atoms with Crippen molar-refractivity contribution in [2.24, 2.45) is 0 Å². The summed E-state index contributed by atoms with van der Waals surface area (Å²) in [5, 5.41) is 3.04. The van der Waals surface area contributed by atoms with Gasteiger partial charge in [0.05, 0.1) is 31.7 Å². The Bertz CT molecular complexity index is 861. The van der Waals surface area contributed by atoms with Gasteiger partial charge in [-0.1, -0.05) is 38.1 Å². The third-order valence-electron chi connectivity index (χ3n) is 5.80. The molecule has 0 aromatic heterocycles. The fourth-order valence-electron chi connectivity index (χ4n) is 3.82. The molecule has 2 N–H and O–H groups in total. The molecule has 7 heteroatoms. The van der Waals surface area contributed by atoms with Crippen LogP contribution in [0.1, 0.15) is 37.3 Å². The molecule has 30 heavy (non-hydrogen) atoms. The number of alkyl halides is 3. The fraction of sp³-hybridized carbons (Fsp3) is 0.435. The predicted octanol–water partition coefficient (Wildman–Crippen LogP) is 3.56. The molecule has 2 aromatic carbocycles. The van der Waals surface area contributed by atoms with Crippen molar-refractivity contribution in [2.45, 2.75) is 32.4 Å². The zero-order valence-electron chi connectivity index (χ0n) is 17.4. The fourth-order valence-corrected chi connectivity index (χ4v) is 3.82. The molecule has 1 amide bonds. The normalized spacial score (nSPS) is 16.4. The summed E-state index contributed by atoms with van der Waals surface area (Å²) in [7, 11) is 0. The van der Waals surface area contributed by atoms with Crippen LogP contribution in [0.5, 0.6) is 0 Å². The van der Waals surface area contributed by atoms with Crippen molar-refractivity contribution < 1.29 is 22.9 Å². The second-order valence-electron chi connectivity index (χ2n) is 7.91. The topological polar surface area (TPSA) is 36.8 Å². The number of amides is 1. The number of para-hydroxylation sites is 1. The Morgan fingerprint density at radius 3 is 2.50 bits per heavy atom. The van der Waals surface area contributed by atoms with Gasteiger partial charge in [-0.15, -0.1) is 0 Å². The lowest BCUT2D eigenvalue weighted by Gasteiger charge is -2.33. The summed E-state index contributed by atoms with van der Waals surface area (Å²) < 4.78 is 38.9. The van der Waals surface area contributed by atoms with E-state index in [9.17, 15) is 18.0 Å². The zero-order chi connectivity index (χ0) is 21.7. The zero-order valence-corrected chi connectivity index (χ0v) is 17.4. The third kappa shape index (κ3) is 5.53. The summed E-state index contributed by atoms with van der Waals surface area (Å²) in [6, 6.07) is 13.3. The van der Waals surface area contributed by atoms with Gasteiger partial charge in [0.15, 0.2) is 6.54 Å². The lowest BCUT2D eigenvalue weighted by Crippen LogP contribution is -3.15. The summed E-state index contributed by atoms with van der Waals surface area (Å²) in [6.45, 7) is 7.26. The van der Waals surface area contributed by atoms with Gasteiger partial charge in [0.2, 0.25) is 0 Å². The highest BCUT2D eigenvalue weighted by Gasteiger charge is 2.31. The Morgan fingerprint density at radius 1 is 1.13 bits per heavy atom. The van der Waals surface area contributed by atoms with E-state index >= 15 is 0 Å². The maximum absolute atomic E-state index is 13.0. The molecule has 1 atom stereocenters. The lowest BCUT2D eigenvalue weighted by molar-refractivity contribution is -0.892. The van der Waals surface area contributed by atoms with Crippen molar-refractivity contribution in [2.75, 3.05) is 42.9 Å². The molecule has 0 bridgehead atoms. The number of anilines is 2. The summed E-state index contributed by atoms with van der Waals surface area (Å²) >= 11 is 0. The average Bonchev–Trinajstić information content (AvgIpc) is 2.73. The van der Waals surface area contributed by atoms with E-state index in [1.807, 2.05) is 29.2 Å². The van der Waals surface area contributed by atoms with Crippen LogP contribution in [0.25, 0.3) is 0 Å². The van der Waals surface area contributed by atoms with Gasteiger partial charge in [-0.05, 0) is 42.2 Å². The van der Waals surface area contributed by atoms with Crippen LogP contribution in [-0.4, -0.2) is 38.6 Å². The van der Waals surface area contributed by atoms with Crippen LogP contribution in [0.15, 0.2) is 48.5 Å². The summed E-state index contributed by atoms with van der Waals surface area (Å²) in [5.41, 5.74) is 1.95. The molecule has 162 valence electrons. The van der Waals surface area contributed by atoms with Gasteiger partial charge in [0.25, 0.3) is 5.91 Å². The Morgan fingerprint density at radius 2 is 1.83 bits per heavy atom. The quantitative estimate of drug-likeness (QED) is 0.750. The standard InChI is InChI=1S/C23H28F3N3O/c1-3-17(2)20-9-4-5-10-21(20)27-22(30)16-28-11-13-29(14-12-28)19-8-6-7-18(15-19)23(24,25)26/h4-10,15,17H,3,11-14,16H2,1-2H3,(H,27,30)/p+1/t17-/m0/s1. The minimum Gasteiger partial charge on any atom is -0.360 e. The van der Waals surface area contributed by atoms with Crippen molar-refractivity contribution in [1.29, 1.82) is 0 Å². The molecule has 1 heterocycles. The van der Waals surface area contributed by atoms with Gasteiger partial charge in [-0.3, -0.25) is 4.79 Å². The Balaban J connectivity index is 1.55. The number of piperazine rings is 1. The molecule has 3 rings (SSSR count). The number of nitrogens with zero attached hydrogens (tertiary/aromatic N) is 1. The molecule has 0 radical (unpaired) electrons. The monoisotopic (exact) mass is 420 g/mol. The minimum absolute atomic E-state index is 0.0340. The number of carbonyl (C=O) groups is 1. The molecule has 0 saturated carbocycles. The highest BCUT2D eigenvalue weighted by atomic mass is 19.4. The molecule has 2 aromatic rings. The van der Waals surface area contributed by atoms with Gasteiger partial charge in [-0.2, -0.15) is 13.2 Å². The van der Waals surface area contributed by atoms with Crippen molar-refractivity contribution in [3.05, 3.63) is 59.7 Å². The molecular formula is C23H29F3N3O+. The maximum atomic E-state index is 13.0. The van der Waals surface area contributed by atoms with Crippen molar-refractivity contribution >= 4 is 17.3 Å². The van der Waals surface area contributed by atoms with Crippen molar-refractivity contribution in [3.8, 4) is 0 Å².